The Kier molecular flexibility index (Phi) is 13.3. The van der Waals surface area contributed by atoms with Gasteiger partial charge in [-0.1, -0.05) is 54.2 Å². The van der Waals surface area contributed by atoms with Crippen molar-refractivity contribution in [3.05, 3.63) is 65.7 Å². The summed E-state index contributed by atoms with van der Waals surface area (Å²) in [6.07, 6.45) is 2.24. The second-order valence-electron chi connectivity index (χ2n) is 10.0. The number of nitriles is 1. The first-order valence-electron chi connectivity index (χ1n) is 14.0. The van der Waals surface area contributed by atoms with Crippen LogP contribution in [-0.2, 0) is 36.8 Å². The lowest BCUT2D eigenvalue weighted by molar-refractivity contribution is -0.145. The lowest BCUT2D eigenvalue weighted by Crippen LogP contribution is -2.46. The van der Waals surface area contributed by atoms with Gasteiger partial charge in [-0.15, -0.1) is 0 Å². The molecule has 2 N–H and O–H groups in total. The molecule has 1 heterocycles. The molecule has 2 aromatic carbocycles. The number of methoxy groups -OCH3 is 1. The first-order valence-corrected chi connectivity index (χ1v) is 15.0. The Morgan fingerprint density at radius 2 is 1.79 bits per heavy atom. The fourth-order valence-corrected chi connectivity index (χ4v) is 5.37. The highest BCUT2D eigenvalue weighted by Gasteiger charge is 2.28. The van der Waals surface area contributed by atoms with Gasteiger partial charge in [0.25, 0.3) is 0 Å². The minimum atomic E-state index is -0.896. The average molecular weight is 595 g/mol. The molecule has 1 saturated heterocycles. The number of carbonyl (C=O) groups is 4. The second-order valence-corrected chi connectivity index (χ2v) is 11.2. The molecule has 1 aliphatic rings. The summed E-state index contributed by atoms with van der Waals surface area (Å²) in [6, 6.07) is 17.7. The van der Waals surface area contributed by atoms with Gasteiger partial charge in [0.15, 0.2) is 5.12 Å². The van der Waals surface area contributed by atoms with Crippen molar-refractivity contribution in [3.8, 4) is 11.8 Å². The number of rotatable bonds is 15. The summed E-state index contributed by atoms with van der Waals surface area (Å²) in [5, 5.41) is 14.9. The fraction of sp³-hybridized carbons (Fsp3) is 0.452. The van der Waals surface area contributed by atoms with E-state index in [0.29, 0.717) is 37.6 Å². The van der Waals surface area contributed by atoms with E-state index in [2.05, 4.69) is 16.7 Å². The van der Waals surface area contributed by atoms with Crippen LogP contribution in [-0.4, -0.2) is 79.0 Å². The Morgan fingerprint density at radius 1 is 1.07 bits per heavy atom. The lowest BCUT2D eigenvalue weighted by atomic mass is 9.99. The molecule has 3 atom stereocenters. The highest BCUT2D eigenvalue weighted by Crippen LogP contribution is 2.18. The highest BCUT2D eigenvalue weighted by molar-refractivity contribution is 8.13. The summed E-state index contributed by atoms with van der Waals surface area (Å²) < 4.78 is 10.7. The topological polar surface area (TPSA) is 138 Å². The Morgan fingerprint density at radius 3 is 2.45 bits per heavy atom. The van der Waals surface area contributed by atoms with Crippen LogP contribution in [0.2, 0.25) is 0 Å². The zero-order chi connectivity index (χ0) is 30.3. The normalized spacial score (nSPS) is 15.7. The number of nitrogens with one attached hydrogen (secondary N) is 2. The number of ether oxygens (including phenoxy) is 2. The maximum Gasteiger partial charge on any atom is 0.328 e. The van der Waals surface area contributed by atoms with Crippen LogP contribution in [0.25, 0.3) is 0 Å². The molecule has 0 aromatic heterocycles. The number of esters is 1. The standard InChI is InChI=1S/C31H38N4O6S/c1-22(36)42-21-25(17-23-7-4-3-5-8-23)30(38)34-28(31(39)40-2)18-24-10-12-27(13-11-24)41-16-14-33-20-29(37)35-15-6-9-26(35)19-32/h3-5,7-8,10-13,25-26,28,33H,6,9,14-18,20-21H2,1-2H3,(H,34,38). The van der Waals surface area contributed by atoms with Crippen LogP contribution in [0, 0.1) is 17.2 Å². The van der Waals surface area contributed by atoms with Gasteiger partial charge < -0.3 is 25.0 Å². The number of amides is 2. The Hall–Kier alpha value is -3.88. The van der Waals surface area contributed by atoms with Crippen LogP contribution < -0.4 is 15.4 Å². The van der Waals surface area contributed by atoms with E-state index in [1.54, 1.807) is 17.0 Å². The number of benzene rings is 2. The van der Waals surface area contributed by atoms with E-state index >= 15 is 0 Å². The van der Waals surface area contributed by atoms with Gasteiger partial charge in [-0.05, 0) is 42.5 Å². The molecular formula is C31H38N4O6S. The van der Waals surface area contributed by atoms with Crippen LogP contribution in [0.4, 0.5) is 0 Å². The lowest BCUT2D eigenvalue weighted by Gasteiger charge is -2.21. The van der Waals surface area contributed by atoms with Gasteiger partial charge in [-0.3, -0.25) is 14.4 Å². The third-order valence-corrected chi connectivity index (χ3v) is 7.87. The zero-order valence-corrected chi connectivity index (χ0v) is 24.9. The summed E-state index contributed by atoms with van der Waals surface area (Å²) in [4.78, 5) is 51.3. The van der Waals surface area contributed by atoms with E-state index in [9.17, 15) is 19.2 Å². The van der Waals surface area contributed by atoms with Crippen LogP contribution in [0.3, 0.4) is 0 Å². The molecule has 224 valence electrons. The SMILES string of the molecule is COC(=O)C(Cc1ccc(OCCNCC(=O)N2CCCC2C#N)cc1)NC(=O)C(CSC(C)=O)Cc1ccccc1. The van der Waals surface area contributed by atoms with Gasteiger partial charge in [0.1, 0.15) is 24.4 Å². The Bertz CT molecular complexity index is 1230. The van der Waals surface area contributed by atoms with Crippen molar-refractivity contribution >= 4 is 34.7 Å². The third kappa shape index (κ3) is 10.5. The molecule has 0 radical (unpaired) electrons. The van der Waals surface area contributed by atoms with Crippen molar-refractivity contribution in [2.75, 3.05) is 39.1 Å². The van der Waals surface area contributed by atoms with Gasteiger partial charge in [-0.2, -0.15) is 5.26 Å². The predicted octanol–water partition coefficient (Wildman–Crippen LogP) is 2.51. The second kappa shape index (κ2) is 17.2. The van der Waals surface area contributed by atoms with Crippen LogP contribution in [0.5, 0.6) is 5.75 Å². The van der Waals surface area contributed by atoms with Crippen molar-refractivity contribution in [2.24, 2.45) is 5.92 Å². The Labute approximate surface area is 251 Å². The van der Waals surface area contributed by atoms with Gasteiger partial charge in [0.05, 0.1) is 25.6 Å². The zero-order valence-electron chi connectivity index (χ0n) is 24.0. The first kappa shape index (κ1) is 32.6. The van der Waals surface area contributed by atoms with E-state index in [1.165, 1.54) is 14.0 Å². The first-order chi connectivity index (χ1) is 20.3. The predicted molar refractivity (Wildman–Crippen MR) is 160 cm³/mol. The molecule has 10 nitrogen and oxygen atoms in total. The van der Waals surface area contributed by atoms with Crippen molar-refractivity contribution in [3.63, 3.8) is 0 Å². The van der Waals surface area contributed by atoms with Gasteiger partial charge in [0, 0.05) is 32.2 Å². The largest absolute Gasteiger partial charge is 0.492 e. The minimum absolute atomic E-state index is 0.0761. The molecule has 3 rings (SSSR count). The number of likely N-dealkylation sites (tertiary alicyclic amines) is 1. The monoisotopic (exact) mass is 594 g/mol. The third-order valence-electron chi connectivity index (χ3n) is 6.89. The number of carbonyl (C=O) groups excluding carboxylic acids is 4. The van der Waals surface area contributed by atoms with E-state index in [0.717, 1.165) is 35.7 Å². The van der Waals surface area contributed by atoms with E-state index in [4.69, 9.17) is 14.7 Å². The molecule has 42 heavy (non-hydrogen) atoms. The van der Waals surface area contributed by atoms with E-state index in [1.807, 2.05) is 42.5 Å². The number of hydrogen-bond donors (Lipinski definition) is 2. The molecule has 2 aromatic rings. The van der Waals surface area contributed by atoms with Crippen LogP contribution in [0.15, 0.2) is 54.6 Å². The molecule has 2 amide bonds. The molecule has 0 spiro atoms. The van der Waals surface area contributed by atoms with Gasteiger partial charge in [0.2, 0.25) is 11.8 Å². The average Bonchev–Trinajstić information content (AvgIpc) is 3.48. The summed E-state index contributed by atoms with van der Waals surface area (Å²) >= 11 is 1.09. The van der Waals surface area contributed by atoms with Crippen molar-refractivity contribution in [1.29, 1.82) is 5.26 Å². The summed E-state index contributed by atoms with van der Waals surface area (Å²) in [7, 11) is 1.28. The molecule has 11 heteroatoms. The molecule has 3 unspecified atom stereocenters. The minimum Gasteiger partial charge on any atom is -0.492 e. The number of nitrogens with zero attached hydrogens (tertiary/aromatic N) is 2. The molecule has 1 fully saturated rings. The highest BCUT2D eigenvalue weighted by atomic mass is 32.2. The molecule has 0 aliphatic carbocycles. The molecule has 0 saturated carbocycles. The van der Waals surface area contributed by atoms with Crippen molar-refractivity contribution in [1.82, 2.24) is 15.5 Å². The smallest absolute Gasteiger partial charge is 0.328 e. The maximum atomic E-state index is 13.2. The fourth-order valence-electron chi connectivity index (χ4n) is 4.66. The summed E-state index contributed by atoms with van der Waals surface area (Å²) in [6.45, 7) is 3.04. The van der Waals surface area contributed by atoms with E-state index < -0.39 is 17.9 Å². The van der Waals surface area contributed by atoms with Crippen LogP contribution >= 0.6 is 11.8 Å². The summed E-state index contributed by atoms with van der Waals surface area (Å²) in [5.74, 6) is -0.536. The maximum absolute atomic E-state index is 13.2. The van der Waals surface area contributed by atoms with Crippen molar-refractivity contribution < 1.29 is 28.7 Å². The van der Waals surface area contributed by atoms with Crippen LogP contribution in [0.1, 0.15) is 30.9 Å². The molecule has 0 bridgehead atoms. The number of thioether (sulfide) groups is 1. The number of hydrogen-bond acceptors (Lipinski definition) is 9. The molecular weight excluding hydrogens is 556 g/mol. The summed E-state index contributed by atoms with van der Waals surface area (Å²) in [5.41, 5.74) is 1.77. The van der Waals surface area contributed by atoms with Gasteiger partial charge in [-0.25, -0.2) is 4.79 Å². The molecule has 1 aliphatic heterocycles. The Balaban J connectivity index is 1.50. The van der Waals surface area contributed by atoms with E-state index in [-0.39, 0.29) is 35.9 Å². The quantitative estimate of drug-likeness (QED) is 0.235. The van der Waals surface area contributed by atoms with Gasteiger partial charge >= 0.3 is 5.97 Å². The van der Waals surface area contributed by atoms with Crippen molar-refractivity contribution in [2.45, 2.75) is 44.7 Å².